The van der Waals surface area contributed by atoms with E-state index in [9.17, 15) is 10.1 Å². The van der Waals surface area contributed by atoms with Crippen LogP contribution in [0, 0.1) is 18.3 Å². The first-order valence-corrected chi connectivity index (χ1v) is 9.85. The maximum atomic E-state index is 12.4. The number of aryl methyl sites for hydroxylation is 1. The van der Waals surface area contributed by atoms with Gasteiger partial charge in [0.1, 0.15) is 24.0 Å². The summed E-state index contributed by atoms with van der Waals surface area (Å²) in [5.41, 5.74) is 3.27. The molecule has 144 valence electrons. The third-order valence-corrected chi connectivity index (χ3v) is 4.98. The summed E-state index contributed by atoms with van der Waals surface area (Å²) < 4.78 is 5.82. The van der Waals surface area contributed by atoms with Gasteiger partial charge in [-0.1, -0.05) is 61.2 Å². The monoisotopic (exact) mass is 374 g/mol. The van der Waals surface area contributed by atoms with Gasteiger partial charge in [0.25, 0.3) is 5.91 Å². The van der Waals surface area contributed by atoms with Gasteiger partial charge >= 0.3 is 0 Å². The van der Waals surface area contributed by atoms with Crippen molar-refractivity contribution in [3.63, 3.8) is 0 Å². The second-order valence-electron chi connectivity index (χ2n) is 7.32. The van der Waals surface area contributed by atoms with Crippen LogP contribution in [0.25, 0.3) is 6.08 Å². The number of nitriles is 1. The summed E-state index contributed by atoms with van der Waals surface area (Å²) in [6.07, 6.45) is 7.13. The van der Waals surface area contributed by atoms with Gasteiger partial charge in [-0.25, -0.2) is 0 Å². The SMILES string of the molecule is Cc1cccc(COc2ccc(C=C(C#N)C(=O)NC3CCCCC3)cc2)c1. The van der Waals surface area contributed by atoms with Crippen molar-refractivity contribution in [3.8, 4) is 11.8 Å². The Labute approximate surface area is 166 Å². The van der Waals surface area contributed by atoms with Crippen molar-refractivity contribution in [1.29, 1.82) is 5.26 Å². The Morgan fingerprint density at radius 1 is 1.18 bits per heavy atom. The zero-order chi connectivity index (χ0) is 19.8. The number of ether oxygens (including phenoxy) is 1. The van der Waals surface area contributed by atoms with Crippen LogP contribution in [0.2, 0.25) is 0 Å². The van der Waals surface area contributed by atoms with Crippen LogP contribution in [0.15, 0.2) is 54.1 Å². The number of rotatable bonds is 6. The van der Waals surface area contributed by atoms with E-state index in [1.807, 2.05) is 42.5 Å². The quantitative estimate of drug-likeness (QED) is 0.576. The summed E-state index contributed by atoms with van der Waals surface area (Å²) in [6.45, 7) is 2.56. The second kappa shape index (κ2) is 9.75. The summed E-state index contributed by atoms with van der Waals surface area (Å²) in [5.74, 6) is 0.470. The van der Waals surface area contributed by atoms with Gasteiger partial charge in [-0.05, 0) is 49.1 Å². The molecule has 0 heterocycles. The minimum atomic E-state index is -0.283. The van der Waals surface area contributed by atoms with Crippen LogP contribution >= 0.6 is 0 Å². The molecule has 1 aliphatic rings. The van der Waals surface area contributed by atoms with E-state index in [1.165, 1.54) is 12.0 Å². The summed E-state index contributed by atoms with van der Waals surface area (Å²) in [6, 6.07) is 17.9. The molecule has 0 atom stereocenters. The van der Waals surface area contributed by atoms with Crippen LogP contribution in [0.5, 0.6) is 5.75 Å². The summed E-state index contributed by atoms with van der Waals surface area (Å²) in [4.78, 5) is 12.4. The Bertz CT molecular complexity index is 872. The fourth-order valence-corrected chi connectivity index (χ4v) is 3.45. The van der Waals surface area contributed by atoms with Crippen molar-refractivity contribution in [2.75, 3.05) is 0 Å². The molecule has 1 aliphatic carbocycles. The number of nitrogens with zero attached hydrogens (tertiary/aromatic N) is 1. The highest BCUT2D eigenvalue weighted by atomic mass is 16.5. The molecule has 2 aromatic rings. The number of benzene rings is 2. The molecule has 0 aliphatic heterocycles. The van der Waals surface area contributed by atoms with Crippen molar-refractivity contribution in [1.82, 2.24) is 5.32 Å². The average molecular weight is 374 g/mol. The van der Waals surface area contributed by atoms with Gasteiger partial charge in [0, 0.05) is 6.04 Å². The van der Waals surface area contributed by atoms with E-state index >= 15 is 0 Å². The average Bonchev–Trinajstić information content (AvgIpc) is 2.72. The third kappa shape index (κ3) is 5.72. The molecule has 4 heteroatoms. The molecule has 1 saturated carbocycles. The Kier molecular flexibility index (Phi) is 6.86. The highest BCUT2D eigenvalue weighted by Gasteiger charge is 2.18. The third-order valence-electron chi connectivity index (χ3n) is 4.98. The number of amides is 1. The van der Waals surface area contributed by atoms with Crippen LogP contribution in [-0.4, -0.2) is 11.9 Å². The van der Waals surface area contributed by atoms with E-state index in [4.69, 9.17) is 4.74 Å². The molecule has 1 amide bonds. The van der Waals surface area contributed by atoms with Crippen molar-refractivity contribution in [2.24, 2.45) is 0 Å². The molecular formula is C24H26N2O2. The molecule has 3 rings (SSSR count). The van der Waals surface area contributed by atoms with Gasteiger partial charge < -0.3 is 10.1 Å². The molecular weight excluding hydrogens is 348 g/mol. The minimum absolute atomic E-state index is 0.138. The van der Waals surface area contributed by atoms with Crippen molar-refractivity contribution in [2.45, 2.75) is 51.7 Å². The maximum absolute atomic E-state index is 12.4. The standard InChI is InChI=1S/C24H26N2O2/c1-18-6-5-7-20(14-18)17-28-23-12-10-19(11-13-23)15-21(16-25)24(27)26-22-8-3-2-4-9-22/h5-7,10-15,22H,2-4,8-9,17H2,1H3,(H,26,27). The fraction of sp³-hybridized carbons (Fsp3) is 0.333. The summed E-state index contributed by atoms with van der Waals surface area (Å²) >= 11 is 0. The van der Waals surface area contributed by atoms with Crippen LogP contribution in [-0.2, 0) is 11.4 Å². The topological polar surface area (TPSA) is 62.1 Å². The predicted molar refractivity (Wildman–Crippen MR) is 111 cm³/mol. The van der Waals surface area contributed by atoms with Crippen LogP contribution in [0.3, 0.4) is 0 Å². The number of carbonyl (C=O) groups is 1. The van der Waals surface area contributed by atoms with E-state index in [-0.39, 0.29) is 17.5 Å². The van der Waals surface area contributed by atoms with Crippen LogP contribution in [0.1, 0.15) is 48.8 Å². The second-order valence-corrected chi connectivity index (χ2v) is 7.32. The molecule has 0 radical (unpaired) electrons. The molecule has 0 unspecified atom stereocenters. The normalized spacial score (nSPS) is 14.9. The lowest BCUT2D eigenvalue weighted by molar-refractivity contribution is -0.117. The Balaban J connectivity index is 1.59. The van der Waals surface area contributed by atoms with Crippen molar-refractivity contribution < 1.29 is 9.53 Å². The van der Waals surface area contributed by atoms with Gasteiger partial charge in [-0.15, -0.1) is 0 Å². The number of hydrogen-bond donors (Lipinski definition) is 1. The minimum Gasteiger partial charge on any atom is -0.489 e. The Morgan fingerprint density at radius 2 is 1.93 bits per heavy atom. The highest BCUT2D eigenvalue weighted by Crippen LogP contribution is 2.19. The molecule has 4 nitrogen and oxygen atoms in total. The molecule has 0 spiro atoms. The zero-order valence-electron chi connectivity index (χ0n) is 16.3. The van der Waals surface area contributed by atoms with Crippen molar-refractivity contribution >= 4 is 12.0 Å². The van der Waals surface area contributed by atoms with E-state index in [1.54, 1.807) is 6.08 Å². The predicted octanol–water partition coefficient (Wildman–Crippen LogP) is 4.93. The highest BCUT2D eigenvalue weighted by molar-refractivity contribution is 6.01. The van der Waals surface area contributed by atoms with Crippen molar-refractivity contribution in [3.05, 3.63) is 70.8 Å². The zero-order valence-corrected chi connectivity index (χ0v) is 16.3. The maximum Gasteiger partial charge on any atom is 0.262 e. The first kappa shape index (κ1) is 19.7. The van der Waals surface area contributed by atoms with Gasteiger partial charge in [0.05, 0.1) is 0 Å². The molecule has 0 saturated heterocycles. The fourth-order valence-electron chi connectivity index (χ4n) is 3.45. The number of carbonyl (C=O) groups excluding carboxylic acids is 1. The lowest BCUT2D eigenvalue weighted by atomic mass is 9.95. The molecule has 1 fully saturated rings. The van der Waals surface area contributed by atoms with Gasteiger partial charge in [-0.3, -0.25) is 4.79 Å². The number of hydrogen-bond acceptors (Lipinski definition) is 3. The van der Waals surface area contributed by atoms with Gasteiger partial charge in [-0.2, -0.15) is 5.26 Å². The molecule has 0 bridgehead atoms. The lowest BCUT2D eigenvalue weighted by Crippen LogP contribution is -2.36. The smallest absolute Gasteiger partial charge is 0.262 e. The van der Waals surface area contributed by atoms with E-state index < -0.39 is 0 Å². The van der Waals surface area contributed by atoms with Gasteiger partial charge in [0.15, 0.2) is 0 Å². The molecule has 1 N–H and O–H groups in total. The first-order valence-electron chi connectivity index (χ1n) is 9.85. The molecule has 0 aromatic heterocycles. The van der Waals surface area contributed by atoms with E-state index in [0.29, 0.717) is 6.61 Å². The lowest BCUT2D eigenvalue weighted by Gasteiger charge is -2.22. The van der Waals surface area contributed by atoms with Crippen LogP contribution in [0.4, 0.5) is 0 Å². The van der Waals surface area contributed by atoms with Gasteiger partial charge in [0.2, 0.25) is 0 Å². The first-order chi connectivity index (χ1) is 13.6. The van der Waals surface area contributed by atoms with E-state index in [2.05, 4.69) is 24.4 Å². The molecule has 28 heavy (non-hydrogen) atoms. The summed E-state index contributed by atoms with van der Waals surface area (Å²) in [5, 5.41) is 12.4. The van der Waals surface area contributed by atoms with Crippen LogP contribution < -0.4 is 10.1 Å². The summed E-state index contributed by atoms with van der Waals surface area (Å²) in [7, 11) is 0. The largest absolute Gasteiger partial charge is 0.489 e. The molecule has 2 aromatic carbocycles. The van der Waals surface area contributed by atoms with E-state index in [0.717, 1.165) is 42.6 Å². The Morgan fingerprint density at radius 3 is 2.61 bits per heavy atom. The Hall–Kier alpha value is -3.06. The number of nitrogens with one attached hydrogen (secondary N) is 1.